The van der Waals surface area contributed by atoms with Crippen LogP contribution in [0.3, 0.4) is 0 Å². The fraction of sp³-hybridized carbons (Fsp3) is 0.900. The average molecular weight is 204 g/mol. The van der Waals surface area contributed by atoms with E-state index < -0.39 is 0 Å². The maximum atomic E-state index is 11.0. The molecular weight excluding hydrogens is 180 g/mol. The first-order chi connectivity index (χ1) is 6.63. The second kappa shape index (κ2) is 10.3. The number of carbonyl (C=O) groups is 1. The van der Waals surface area contributed by atoms with Gasteiger partial charge in [0.2, 0.25) is 0 Å². The molecule has 0 aromatic heterocycles. The van der Waals surface area contributed by atoms with Crippen LogP contribution in [0.15, 0.2) is 0 Å². The van der Waals surface area contributed by atoms with Crippen molar-refractivity contribution in [2.45, 2.75) is 20.3 Å². The van der Waals surface area contributed by atoms with E-state index in [9.17, 15) is 4.79 Å². The van der Waals surface area contributed by atoms with Crippen molar-refractivity contribution in [1.29, 1.82) is 0 Å². The summed E-state index contributed by atoms with van der Waals surface area (Å²) in [6, 6.07) is 0.140. The molecule has 0 saturated carbocycles. The lowest BCUT2D eigenvalue weighted by Crippen LogP contribution is -2.44. The molecule has 1 heterocycles. The van der Waals surface area contributed by atoms with Gasteiger partial charge in [-0.3, -0.25) is 0 Å². The molecule has 0 aromatic rings. The summed E-state index contributed by atoms with van der Waals surface area (Å²) in [6.07, 6.45) is 1.10. The summed E-state index contributed by atoms with van der Waals surface area (Å²) in [5, 5.41) is 0. The van der Waals surface area contributed by atoms with Crippen LogP contribution in [0.5, 0.6) is 0 Å². The molecule has 0 N–H and O–H groups in total. The molecule has 0 bridgehead atoms. The summed E-state index contributed by atoms with van der Waals surface area (Å²) in [6.45, 7) is 5.81. The third-order valence-corrected chi connectivity index (χ3v) is 1.64. The van der Waals surface area contributed by atoms with Gasteiger partial charge in [-0.05, 0) is 6.42 Å². The molecule has 0 unspecified atom stereocenters. The standard InChI is InChI=1S/C6H12N2O.C2H6O.C2H6/c1-7-4-3-5-8(2)6(7)9;1-3-2;1-2/h3-5H2,1-2H3;1-2H3;1-2H3. The van der Waals surface area contributed by atoms with E-state index in [1.54, 1.807) is 24.0 Å². The number of methoxy groups -OCH3 is 1. The predicted molar refractivity (Wildman–Crippen MR) is 59.6 cm³/mol. The van der Waals surface area contributed by atoms with Gasteiger partial charge in [0.05, 0.1) is 0 Å². The SMILES string of the molecule is CC.CN1CCCN(C)C1=O.COC. The Balaban J connectivity index is 0. The first-order valence-corrected chi connectivity index (χ1v) is 4.99. The van der Waals surface area contributed by atoms with E-state index in [4.69, 9.17) is 0 Å². The fourth-order valence-electron chi connectivity index (χ4n) is 1.03. The highest BCUT2D eigenvalue weighted by molar-refractivity contribution is 5.74. The summed E-state index contributed by atoms with van der Waals surface area (Å²) in [5.74, 6) is 0. The Bertz CT molecular complexity index is 128. The topological polar surface area (TPSA) is 32.8 Å². The van der Waals surface area contributed by atoms with Crippen molar-refractivity contribution in [3.8, 4) is 0 Å². The van der Waals surface area contributed by atoms with Crippen LogP contribution in [0.1, 0.15) is 20.3 Å². The van der Waals surface area contributed by atoms with Crippen LogP contribution in [0.2, 0.25) is 0 Å². The Hall–Kier alpha value is -0.770. The number of hydrogen-bond donors (Lipinski definition) is 0. The van der Waals surface area contributed by atoms with Crippen molar-refractivity contribution in [3.05, 3.63) is 0 Å². The first-order valence-electron chi connectivity index (χ1n) is 4.99. The maximum absolute atomic E-state index is 11.0. The van der Waals surface area contributed by atoms with Gasteiger partial charge in [0.25, 0.3) is 0 Å². The fourth-order valence-corrected chi connectivity index (χ4v) is 1.03. The minimum atomic E-state index is 0.140. The third kappa shape index (κ3) is 6.71. The average Bonchev–Trinajstić information content (AvgIpc) is 2.19. The lowest BCUT2D eigenvalue weighted by Gasteiger charge is -2.30. The summed E-state index contributed by atoms with van der Waals surface area (Å²) in [4.78, 5) is 14.5. The smallest absolute Gasteiger partial charge is 0.319 e. The van der Waals surface area contributed by atoms with Crippen molar-refractivity contribution in [2.24, 2.45) is 0 Å². The summed E-state index contributed by atoms with van der Waals surface area (Å²) >= 11 is 0. The first kappa shape index (κ1) is 15.7. The second-order valence-electron chi connectivity index (χ2n) is 2.89. The van der Waals surface area contributed by atoms with Crippen molar-refractivity contribution in [2.75, 3.05) is 41.4 Å². The van der Waals surface area contributed by atoms with Gasteiger partial charge in [-0.25, -0.2) is 4.79 Å². The number of urea groups is 1. The molecule has 4 nitrogen and oxygen atoms in total. The van der Waals surface area contributed by atoms with Gasteiger partial charge < -0.3 is 14.5 Å². The van der Waals surface area contributed by atoms with Gasteiger partial charge in [0, 0.05) is 41.4 Å². The quantitative estimate of drug-likeness (QED) is 0.601. The van der Waals surface area contributed by atoms with Gasteiger partial charge in [0.15, 0.2) is 0 Å². The zero-order valence-corrected chi connectivity index (χ0v) is 10.3. The van der Waals surface area contributed by atoms with Gasteiger partial charge in [0.1, 0.15) is 0 Å². The van der Waals surface area contributed by atoms with Gasteiger partial charge in [-0.1, -0.05) is 13.8 Å². The third-order valence-electron chi connectivity index (χ3n) is 1.64. The second-order valence-corrected chi connectivity index (χ2v) is 2.89. The molecule has 0 radical (unpaired) electrons. The van der Waals surface area contributed by atoms with Crippen LogP contribution < -0.4 is 0 Å². The van der Waals surface area contributed by atoms with Crippen molar-refractivity contribution >= 4 is 6.03 Å². The Morgan fingerprint density at radius 1 is 1.07 bits per heavy atom. The molecule has 0 aromatic carbocycles. The van der Waals surface area contributed by atoms with Gasteiger partial charge in [-0.2, -0.15) is 0 Å². The minimum Gasteiger partial charge on any atom is -0.388 e. The summed E-state index contributed by atoms with van der Waals surface area (Å²) in [5.41, 5.74) is 0. The van der Waals surface area contributed by atoms with E-state index in [1.807, 2.05) is 27.9 Å². The van der Waals surface area contributed by atoms with Crippen molar-refractivity contribution in [1.82, 2.24) is 9.80 Å². The molecule has 1 aliphatic rings. The van der Waals surface area contributed by atoms with Crippen LogP contribution in [-0.2, 0) is 4.74 Å². The van der Waals surface area contributed by atoms with Crippen LogP contribution in [0, 0.1) is 0 Å². The van der Waals surface area contributed by atoms with Crippen LogP contribution in [0.25, 0.3) is 0 Å². The number of ether oxygens (including phenoxy) is 1. The zero-order chi connectivity index (χ0) is 11.6. The molecule has 4 heteroatoms. The number of amides is 2. The highest BCUT2D eigenvalue weighted by atomic mass is 16.4. The Kier molecular flexibility index (Phi) is 11.6. The Labute approximate surface area is 87.8 Å². The number of nitrogens with zero attached hydrogens (tertiary/aromatic N) is 2. The molecule has 1 saturated heterocycles. The molecular formula is C10H24N2O2. The molecule has 14 heavy (non-hydrogen) atoms. The maximum Gasteiger partial charge on any atom is 0.319 e. The molecule has 1 fully saturated rings. The summed E-state index contributed by atoms with van der Waals surface area (Å²) in [7, 11) is 6.91. The highest BCUT2D eigenvalue weighted by Gasteiger charge is 2.17. The van der Waals surface area contributed by atoms with E-state index >= 15 is 0 Å². The van der Waals surface area contributed by atoms with Crippen LogP contribution >= 0.6 is 0 Å². The lowest BCUT2D eigenvalue weighted by molar-refractivity contribution is 0.153. The number of carbonyl (C=O) groups excluding carboxylic acids is 1. The zero-order valence-electron chi connectivity index (χ0n) is 10.3. The molecule has 0 atom stereocenters. The van der Waals surface area contributed by atoms with Gasteiger partial charge in [-0.15, -0.1) is 0 Å². The number of rotatable bonds is 0. The number of hydrogen-bond acceptors (Lipinski definition) is 2. The van der Waals surface area contributed by atoms with Crippen molar-refractivity contribution in [3.63, 3.8) is 0 Å². The highest BCUT2D eigenvalue weighted by Crippen LogP contribution is 2.02. The summed E-state index contributed by atoms with van der Waals surface area (Å²) < 4.78 is 4.25. The molecule has 1 rings (SSSR count). The van der Waals surface area contributed by atoms with Gasteiger partial charge >= 0.3 is 6.03 Å². The molecule has 2 amide bonds. The Morgan fingerprint density at radius 3 is 1.57 bits per heavy atom. The lowest BCUT2D eigenvalue weighted by atomic mass is 10.3. The Morgan fingerprint density at radius 2 is 1.36 bits per heavy atom. The molecule has 0 aliphatic carbocycles. The monoisotopic (exact) mass is 204 g/mol. The van der Waals surface area contributed by atoms with E-state index in [0.29, 0.717) is 0 Å². The molecule has 0 spiro atoms. The predicted octanol–water partition coefficient (Wildman–Crippen LogP) is 1.66. The van der Waals surface area contributed by atoms with E-state index in [1.165, 1.54) is 0 Å². The van der Waals surface area contributed by atoms with Crippen LogP contribution in [0.4, 0.5) is 4.79 Å². The minimum absolute atomic E-state index is 0.140. The van der Waals surface area contributed by atoms with Crippen LogP contribution in [-0.4, -0.2) is 57.2 Å². The van der Waals surface area contributed by atoms with E-state index in [0.717, 1.165) is 19.5 Å². The van der Waals surface area contributed by atoms with E-state index in [2.05, 4.69) is 4.74 Å². The van der Waals surface area contributed by atoms with Crippen molar-refractivity contribution < 1.29 is 9.53 Å². The normalized spacial score (nSPS) is 15.1. The largest absolute Gasteiger partial charge is 0.388 e. The molecule has 86 valence electrons. The van der Waals surface area contributed by atoms with E-state index in [-0.39, 0.29) is 6.03 Å². The molecule has 1 aliphatic heterocycles.